The van der Waals surface area contributed by atoms with Crippen molar-refractivity contribution in [2.45, 2.75) is 18.9 Å². The molecule has 25 heavy (non-hydrogen) atoms. The molecule has 0 aromatic carbocycles. The summed E-state index contributed by atoms with van der Waals surface area (Å²) in [5.74, 6) is 0.979. The Kier molecular flexibility index (Phi) is 5.50. The molecule has 4 nitrogen and oxygen atoms in total. The van der Waals surface area contributed by atoms with Gasteiger partial charge in [-0.3, -0.25) is 0 Å². The highest BCUT2D eigenvalue weighted by atomic mass is 35.5. The molecule has 1 aliphatic carbocycles. The number of likely N-dealkylation sites (N-methyl/N-ethyl adjacent to an activating group) is 3. The summed E-state index contributed by atoms with van der Waals surface area (Å²) in [5.41, 5.74) is 3.31. The minimum atomic E-state index is 0.388. The van der Waals surface area contributed by atoms with Gasteiger partial charge in [-0.1, -0.05) is 29.8 Å². The van der Waals surface area contributed by atoms with Gasteiger partial charge >= 0.3 is 0 Å². The van der Waals surface area contributed by atoms with E-state index in [4.69, 9.17) is 16.6 Å². The predicted octanol–water partition coefficient (Wildman–Crippen LogP) is 3.58. The average Bonchev–Trinajstić information content (AvgIpc) is 2.60. The lowest BCUT2D eigenvalue weighted by Crippen LogP contribution is -2.33. The molecule has 1 aromatic heterocycles. The number of halogens is 1. The zero-order valence-electron chi connectivity index (χ0n) is 15.5. The minimum Gasteiger partial charge on any atom is -0.372 e. The molecule has 0 radical (unpaired) electrons. The van der Waals surface area contributed by atoms with Crippen LogP contribution in [0.25, 0.3) is 5.57 Å². The summed E-state index contributed by atoms with van der Waals surface area (Å²) >= 11 is 6.63. The van der Waals surface area contributed by atoms with E-state index in [-0.39, 0.29) is 0 Å². The molecule has 0 fully saturated rings. The molecule has 3 rings (SSSR count). The lowest BCUT2D eigenvalue weighted by molar-refractivity contribution is 0.348. The third-order valence-electron chi connectivity index (χ3n) is 4.86. The summed E-state index contributed by atoms with van der Waals surface area (Å²) in [4.78, 5) is 11.5. The Balaban J connectivity index is 1.95. The maximum atomic E-state index is 6.63. The molecular formula is C20H27ClN4. The summed E-state index contributed by atoms with van der Waals surface area (Å²) in [7, 11) is 8.36. The Hall–Kier alpha value is -1.78. The highest BCUT2D eigenvalue weighted by molar-refractivity contribution is 6.37. The first-order valence-corrected chi connectivity index (χ1v) is 9.19. The Morgan fingerprint density at radius 1 is 1.24 bits per heavy atom. The number of hydrogen-bond acceptors (Lipinski definition) is 4. The second-order valence-electron chi connectivity index (χ2n) is 7.07. The van der Waals surface area contributed by atoms with Gasteiger partial charge < -0.3 is 14.7 Å². The van der Waals surface area contributed by atoms with Crippen LogP contribution in [0, 0.1) is 0 Å². The molecule has 2 heterocycles. The molecule has 0 amide bonds. The summed E-state index contributed by atoms with van der Waals surface area (Å²) in [6.07, 6.45) is 8.73. The number of nitrogens with zero attached hydrogens (tertiary/aromatic N) is 4. The highest BCUT2D eigenvalue weighted by Crippen LogP contribution is 2.39. The van der Waals surface area contributed by atoms with Gasteiger partial charge in [-0.05, 0) is 44.6 Å². The molecule has 1 aliphatic heterocycles. The Bertz CT molecular complexity index is 720. The van der Waals surface area contributed by atoms with Crippen molar-refractivity contribution >= 4 is 23.0 Å². The standard InChI is InChI=1S/C20H27ClN4/c1-23(2)12-13-24(3)19-11-7-9-17(22-19)20-15-8-5-6-10-18(15)25(4)14-16(20)21/h5,7-9,11,14,18H,6,10,12-13H2,1-4H3. The second-order valence-corrected chi connectivity index (χ2v) is 7.48. The third kappa shape index (κ3) is 3.91. The van der Waals surface area contributed by atoms with Gasteiger partial charge in [0.15, 0.2) is 0 Å². The molecule has 2 aliphatic rings. The van der Waals surface area contributed by atoms with Crippen molar-refractivity contribution in [3.05, 3.63) is 52.9 Å². The summed E-state index contributed by atoms with van der Waals surface area (Å²) in [5, 5.41) is 0.765. The molecule has 1 aromatic rings. The van der Waals surface area contributed by atoms with Crippen molar-refractivity contribution < 1.29 is 0 Å². The van der Waals surface area contributed by atoms with Gasteiger partial charge in [0.1, 0.15) is 5.82 Å². The second kappa shape index (κ2) is 7.63. The van der Waals surface area contributed by atoms with Gasteiger partial charge in [0.2, 0.25) is 0 Å². The number of allylic oxidation sites excluding steroid dienone is 3. The minimum absolute atomic E-state index is 0.388. The highest BCUT2D eigenvalue weighted by Gasteiger charge is 2.28. The molecule has 0 saturated heterocycles. The Morgan fingerprint density at radius 3 is 2.80 bits per heavy atom. The van der Waals surface area contributed by atoms with Gasteiger partial charge in [0.05, 0.1) is 16.8 Å². The first kappa shape index (κ1) is 18.0. The molecule has 0 bridgehead atoms. The first-order chi connectivity index (χ1) is 12.0. The van der Waals surface area contributed by atoms with E-state index in [1.54, 1.807) is 0 Å². The number of pyridine rings is 1. The normalized spacial score (nSPS) is 20.0. The molecule has 134 valence electrons. The number of fused-ring (bicyclic) bond motifs is 1. The molecular weight excluding hydrogens is 332 g/mol. The van der Waals surface area contributed by atoms with E-state index in [0.717, 1.165) is 48.0 Å². The van der Waals surface area contributed by atoms with Crippen LogP contribution in [-0.2, 0) is 0 Å². The third-order valence-corrected chi connectivity index (χ3v) is 5.15. The van der Waals surface area contributed by atoms with Crippen molar-refractivity contribution in [1.29, 1.82) is 0 Å². The smallest absolute Gasteiger partial charge is 0.129 e. The average molecular weight is 359 g/mol. The lowest BCUT2D eigenvalue weighted by atomic mass is 9.87. The van der Waals surface area contributed by atoms with E-state index in [0.29, 0.717) is 6.04 Å². The van der Waals surface area contributed by atoms with Gasteiger partial charge in [-0.25, -0.2) is 4.98 Å². The van der Waals surface area contributed by atoms with Gasteiger partial charge in [-0.2, -0.15) is 0 Å². The van der Waals surface area contributed by atoms with E-state index < -0.39 is 0 Å². The largest absolute Gasteiger partial charge is 0.372 e. The van der Waals surface area contributed by atoms with E-state index in [9.17, 15) is 0 Å². The number of aromatic nitrogens is 1. The summed E-state index contributed by atoms with van der Waals surface area (Å²) < 4.78 is 0. The summed E-state index contributed by atoms with van der Waals surface area (Å²) in [6, 6.07) is 6.58. The molecule has 0 N–H and O–H groups in total. The van der Waals surface area contributed by atoms with E-state index in [1.807, 2.05) is 6.20 Å². The maximum absolute atomic E-state index is 6.63. The van der Waals surface area contributed by atoms with Crippen LogP contribution in [0.4, 0.5) is 5.82 Å². The van der Waals surface area contributed by atoms with Crippen molar-refractivity contribution in [3.8, 4) is 0 Å². The number of rotatable bonds is 5. The molecule has 1 atom stereocenters. The number of hydrogen-bond donors (Lipinski definition) is 0. The maximum Gasteiger partial charge on any atom is 0.129 e. The van der Waals surface area contributed by atoms with Crippen molar-refractivity contribution in [3.63, 3.8) is 0 Å². The van der Waals surface area contributed by atoms with Crippen LogP contribution in [-0.4, -0.2) is 62.1 Å². The van der Waals surface area contributed by atoms with Crippen LogP contribution in [0.1, 0.15) is 18.5 Å². The van der Waals surface area contributed by atoms with Crippen LogP contribution >= 0.6 is 11.6 Å². The van der Waals surface area contributed by atoms with E-state index in [2.05, 4.69) is 73.2 Å². The molecule has 5 heteroatoms. The van der Waals surface area contributed by atoms with Crippen molar-refractivity contribution in [1.82, 2.24) is 14.8 Å². The lowest BCUT2D eigenvalue weighted by Gasteiger charge is -2.35. The SMILES string of the molecule is CN(C)CCN(C)c1cccc(C2=C3C=CCCC3N(C)C=C2Cl)n1. The fourth-order valence-corrected chi connectivity index (χ4v) is 3.74. The van der Waals surface area contributed by atoms with Crippen molar-refractivity contribution in [2.24, 2.45) is 0 Å². The fraction of sp³-hybridized carbons (Fsp3) is 0.450. The zero-order valence-corrected chi connectivity index (χ0v) is 16.3. The zero-order chi connectivity index (χ0) is 18.0. The molecule has 1 unspecified atom stereocenters. The fourth-order valence-electron chi connectivity index (χ4n) is 3.39. The van der Waals surface area contributed by atoms with Crippen LogP contribution in [0.3, 0.4) is 0 Å². The topological polar surface area (TPSA) is 22.6 Å². The van der Waals surface area contributed by atoms with Crippen LogP contribution in [0.5, 0.6) is 0 Å². The van der Waals surface area contributed by atoms with Crippen LogP contribution in [0.2, 0.25) is 0 Å². The quantitative estimate of drug-likeness (QED) is 0.802. The monoisotopic (exact) mass is 358 g/mol. The predicted molar refractivity (Wildman–Crippen MR) is 107 cm³/mol. The Morgan fingerprint density at radius 2 is 2.04 bits per heavy atom. The van der Waals surface area contributed by atoms with E-state index >= 15 is 0 Å². The number of anilines is 1. The molecule has 0 spiro atoms. The Labute approximate surface area is 156 Å². The van der Waals surface area contributed by atoms with Gasteiger partial charge in [-0.15, -0.1) is 0 Å². The van der Waals surface area contributed by atoms with Crippen molar-refractivity contribution in [2.75, 3.05) is 46.2 Å². The van der Waals surface area contributed by atoms with Gasteiger partial charge in [0.25, 0.3) is 0 Å². The van der Waals surface area contributed by atoms with E-state index in [1.165, 1.54) is 5.57 Å². The first-order valence-electron chi connectivity index (χ1n) is 8.81. The van der Waals surface area contributed by atoms with Crippen LogP contribution < -0.4 is 4.90 Å². The molecule has 0 saturated carbocycles. The summed E-state index contributed by atoms with van der Waals surface area (Å²) in [6.45, 7) is 1.93. The van der Waals surface area contributed by atoms with Crippen LogP contribution in [0.15, 0.2) is 47.2 Å². The van der Waals surface area contributed by atoms with Gasteiger partial charge in [0, 0.05) is 39.0 Å².